The molecule has 0 fully saturated rings. The Morgan fingerprint density at radius 1 is 0.892 bits per heavy atom. The van der Waals surface area contributed by atoms with Crippen LogP contribution in [0.1, 0.15) is 54.6 Å². The molecule has 0 aliphatic rings. The maximum atomic E-state index is 13.6. The number of nitrogen functional groups attached to an aromatic ring is 1. The summed E-state index contributed by atoms with van der Waals surface area (Å²) >= 11 is 0. The average Bonchev–Trinajstić information content (AvgIpc) is 3.20. The van der Waals surface area contributed by atoms with E-state index in [1.165, 1.54) is 11.1 Å². The van der Waals surface area contributed by atoms with Gasteiger partial charge in [0.05, 0.1) is 11.0 Å². The first-order valence-electron chi connectivity index (χ1n) is 13.1. The van der Waals surface area contributed by atoms with E-state index in [9.17, 15) is 4.79 Å². The number of nitrogens with two attached hydrogens (primary N) is 1. The summed E-state index contributed by atoms with van der Waals surface area (Å²) < 4.78 is 1.85. The van der Waals surface area contributed by atoms with Crippen LogP contribution in [0.4, 0.5) is 5.82 Å². The van der Waals surface area contributed by atoms with Crippen LogP contribution in [-0.2, 0) is 12.8 Å². The molecule has 0 radical (unpaired) electrons. The number of carbonyl (C=O) groups excluding carboxylic acids is 1. The lowest BCUT2D eigenvalue weighted by Gasteiger charge is -2.14. The van der Waals surface area contributed by atoms with E-state index in [4.69, 9.17) is 15.7 Å². The number of nitrogens with one attached hydrogen (secondary N) is 1. The molecule has 6 nitrogen and oxygen atoms in total. The molecule has 37 heavy (non-hydrogen) atoms. The summed E-state index contributed by atoms with van der Waals surface area (Å²) in [5.74, 6) is 0.116. The number of hydrogen-bond donors (Lipinski definition) is 2. The first-order chi connectivity index (χ1) is 18.0. The largest absolute Gasteiger partial charge is 0.384 e. The molecule has 1 unspecified atom stereocenters. The molecule has 0 bridgehead atoms. The number of carbonyl (C=O) groups is 1. The molecule has 5 rings (SSSR count). The number of hydrogen-bond acceptors (Lipinski definition) is 4. The van der Waals surface area contributed by atoms with Crippen LogP contribution < -0.4 is 11.1 Å². The van der Waals surface area contributed by atoms with Gasteiger partial charge < -0.3 is 11.1 Å². The highest BCUT2D eigenvalue weighted by Crippen LogP contribution is 2.31. The summed E-state index contributed by atoms with van der Waals surface area (Å²) in [5.41, 5.74) is 13.0. The number of anilines is 1. The molecule has 3 N–H and O–H groups in total. The Hall–Kier alpha value is -4.19. The van der Waals surface area contributed by atoms with E-state index in [0.29, 0.717) is 22.5 Å². The summed E-state index contributed by atoms with van der Waals surface area (Å²) in [6.45, 7) is 4.21. The second-order valence-corrected chi connectivity index (χ2v) is 9.65. The molecular weight excluding hydrogens is 458 g/mol. The van der Waals surface area contributed by atoms with Gasteiger partial charge in [0.15, 0.2) is 5.65 Å². The Labute approximate surface area is 217 Å². The van der Waals surface area contributed by atoms with Gasteiger partial charge >= 0.3 is 0 Å². The molecule has 1 amide bonds. The lowest BCUT2D eigenvalue weighted by atomic mass is 10.1. The van der Waals surface area contributed by atoms with Gasteiger partial charge in [-0.25, -0.2) is 9.97 Å². The van der Waals surface area contributed by atoms with E-state index < -0.39 is 0 Å². The Kier molecular flexibility index (Phi) is 7.17. The number of para-hydroxylation sites is 2. The summed E-state index contributed by atoms with van der Waals surface area (Å²) in [6, 6.07) is 26.3. The van der Waals surface area contributed by atoms with E-state index in [1.54, 1.807) is 0 Å². The minimum Gasteiger partial charge on any atom is -0.384 e. The Morgan fingerprint density at radius 3 is 2.24 bits per heavy atom. The number of aromatic nitrogens is 3. The van der Waals surface area contributed by atoms with E-state index in [2.05, 4.69) is 36.5 Å². The topological polar surface area (TPSA) is 85.8 Å². The molecular formula is C31H33N5O. The van der Waals surface area contributed by atoms with Crippen LogP contribution in [0.2, 0.25) is 0 Å². The molecule has 0 aliphatic carbocycles. The molecule has 188 valence electrons. The van der Waals surface area contributed by atoms with Crippen molar-refractivity contribution in [2.45, 2.75) is 52.0 Å². The van der Waals surface area contributed by atoms with Crippen LogP contribution in [0, 0.1) is 0 Å². The van der Waals surface area contributed by atoms with Gasteiger partial charge in [-0.05, 0) is 68.0 Å². The number of amides is 1. The molecule has 3 aromatic carbocycles. The van der Waals surface area contributed by atoms with Gasteiger partial charge in [0.25, 0.3) is 5.91 Å². The molecule has 0 saturated carbocycles. The second kappa shape index (κ2) is 10.8. The first-order valence-corrected chi connectivity index (χ1v) is 13.1. The lowest BCUT2D eigenvalue weighted by molar-refractivity contribution is 0.0941. The molecule has 1 atom stereocenters. The fourth-order valence-electron chi connectivity index (χ4n) is 4.74. The Balaban J connectivity index is 1.51. The van der Waals surface area contributed by atoms with E-state index in [-0.39, 0.29) is 11.9 Å². The highest BCUT2D eigenvalue weighted by atomic mass is 16.1. The first kappa shape index (κ1) is 24.5. The van der Waals surface area contributed by atoms with Crippen molar-refractivity contribution in [2.24, 2.45) is 0 Å². The number of nitrogens with zero attached hydrogens (tertiary/aromatic N) is 3. The van der Waals surface area contributed by atoms with Crippen molar-refractivity contribution in [3.63, 3.8) is 0 Å². The minimum atomic E-state index is -0.231. The number of rotatable bonds is 9. The quantitative estimate of drug-likeness (QED) is 0.255. The average molecular weight is 492 g/mol. The van der Waals surface area contributed by atoms with Crippen molar-refractivity contribution in [1.29, 1.82) is 0 Å². The van der Waals surface area contributed by atoms with Gasteiger partial charge in [0.2, 0.25) is 0 Å². The highest BCUT2D eigenvalue weighted by molar-refractivity contribution is 6.11. The third-order valence-corrected chi connectivity index (χ3v) is 6.82. The molecule has 6 heteroatoms. The van der Waals surface area contributed by atoms with Crippen molar-refractivity contribution >= 4 is 33.9 Å². The van der Waals surface area contributed by atoms with Crippen molar-refractivity contribution in [1.82, 2.24) is 19.9 Å². The predicted molar refractivity (Wildman–Crippen MR) is 151 cm³/mol. The van der Waals surface area contributed by atoms with Crippen molar-refractivity contribution in [2.75, 3.05) is 5.73 Å². The Morgan fingerprint density at radius 2 is 1.54 bits per heavy atom. The van der Waals surface area contributed by atoms with Gasteiger partial charge in [-0.3, -0.25) is 9.36 Å². The molecule has 0 aliphatic heterocycles. The van der Waals surface area contributed by atoms with Crippen LogP contribution in [-0.4, -0.2) is 26.5 Å². The van der Waals surface area contributed by atoms with Gasteiger partial charge in [-0.15, -0.1) is 0 Å². The molecule has 5 aromatic rings. The highest BCUT2D eigenvalue weighted by Gasteiger charge is 2.25. The summed E-state index contributed by atoms with van der Waals surface area (Å²) in [4.78, 5) is 23.3. The van der Waals surface area contributed by atoms with Crippen molar-refractivity contribution < 1.29 is 4.79 Å². The minimum absolute atomic E-state index is 0.0308. The van der Waals surface area contributed by atoms with Crippen molar-refractivity contribution in [3.05, 3.63) is 95.6 Å². The summed E-state index contributed by atoms with van der Waals surface area (Å²) in [6.07, 6.45) is 5.05. The molecule has 0 spiro atoms. The van der Waals surface area contributed by atoms with Gasteiger partial charge in [-0.2, -0.15) is 0 Å². The van der Waals surface area contributed by atoms with Crippen LogP contribution in [0.3, 0.4) is 0 Å². The summed E-state index contributed by atoms with van der Waals surface area (Å²) in [7, 11) is 0. The van der Waals surface area contributed by atoms with E-state index >= 15 is 0 Å². The maximum absolute atomic E-state index is 13.6. The van der Waals surface area contributed by atoms with Crippen LogP contribution in [0.5, 0.6) is 0 Å². The maximum Gasteiger partial charge on any atom is 0.257 e. The number of benzene rings is 3. The van der Waals surface area contributed by atoms with E-state index in [1.807, 2.05) is 66.1 Å². The summed E-state index contributed by atoms with van der Waals surface area (Å²) in [5, 5.41) is 3.14. The normalized spacial score (nSPS) is 12.2. The van der Waals surface area contributed by atoms with Gasteiger partial charge in [0.1, 0.15) is 16.9 Å². The number of fused-ring (bicyclic) bond motifs is 2. The van der Waals surface area contributed by atoms with Crippen LogP contribution in [0.25, 0.3) is 27.9 Å². The SMILES string of the molecule is CCCCc1ccc(-n2c(N)c(C(=O)NC(C)CCc3ccccc3)c3nc4ccccc4nc32)cc1. The molecule has 2 heterocycles. The van der Waals surface area contributed by atoms with E-state index in [0.717, 1.165) is 48.8 Å². The van der Waals surface area contributed by atoms with Crippen LogP contribution in [0.15, 0.2) is 78.9 Å². The van der Waals surface area contributed by atoms with Gasteiger partial charge in [0, 0.05) is 11.7 Å². The lowest BCUT2D eigenvalue weighted by Crippen LogP contribution is -2.33. The van der Waals surface area contributed by atoms with Gasteiger partial charge in [-0.1, -0.05) is 67.9 Å². The monoisotopic (exact) mass is 491 g/mol. The third kappa shape index (κ3) is 5.19. The number of unbranched alkanes of at least 4 members (excludes halogenated alkanes) is 1. The molecule has 2 aromatic heterocycles. The van der Waals surface area contributed by atoms with Crippen LogP contribution >= 0.6 is 0 Å². The molecule has 0 saturated heterocycles. The van der Waals surface area contributed by atoms with Crippen molar-refractivity contribution in [3.8, 4) is 5.69 Å². The zero-order chi connectivity index (χ0) is 25.8. The zero-order valence-corrected chi connectivity index (χ0v) is 21.4. The second-order valence-electron chi connectivity index (χ2n) is 9.65. The fraction of sp³-hybridized carbons (Fsp3) is 0.258. The Bertz CT molecular complexity index is 1520. The predicted octanol–water partition coefficient (Wildman–Crippen LogP) is 6.25. The smallest absolute Gasteiger partial charge is 0.257 e. The fourth-order valence-corrected chi connectivity index (χ4v) is 4.74. The zero-order valence-electron chi connectivity index (χ0n) is 21.4. The third-order valence-electron chi connectivity index (χ3n) is 6.82. The standard InChI is InChI=1S/C31H33N5O/c1-3-4-10-23-17-19-24(20-18-23)36-29(32)27(28-30(36)35-26-14-9-8-13-25(26)34-28)31(37)33-21(2)15-16-22-11-6-5-7-12-22/h5-9,11-14,17-21H,3-4,10,15-16,32H2,1-2H3,(H,33,37). The number of aryl methyl sites for hydroxylation is 2.